The van der Waals surface area contributed by atoms with Crippen molar-refractivity contribution in [2.45, 2.75) is 20.8 Å². The summed E-state index contributed by atoms with van der Waals surface area (Å²) >= 11 is 1.02. The molecule has 0 atom stereocenters. The number of methoxy groups -OCH3 is 1. The summed E-state index contributed by atoms with van der Waals surface area (Å²) in [5, 5.41) is 5.77. The third-order valence-corrected chi connectivity index (χ3v) is 5.79. The molecule has 8 heteroatoms. The van der Waals surface area contributed by atoms with Crippen LogP contribution in [0.2, 0.25) is 0 Å². The molecule has 0 aliphatic rings. The van der Waals surface area contributed by atoms with Gasteiger partial charge in [0.2, 0.25) is 0 Å². The molecule has 2 N–H and O–H groups in total. The maximum Gasteiger partial charge on any atom is 0.341 e. The Bertz CT molecular complexity index is 1130. The highest BCUT2D eigenvalue weighted by molar-refractivity contribution is 7.18. The van der Waals surface area contributed by atoms with Crippen LogP contribution < -0.4 is 15.4 Å². The Morgan fingerprint density at radius 1 is 0.938 bits per heavy atom. The third kappa shape index (κ3) is 5.53. The first kappa shape index (κ1) is 23.0. The van der Waals surface area contributed by atoms with Gasteiger partial charge in [0.1, 0.15) is 10.8 Å². The van der Waals surface area contributed by atoms with Crippen LogP contribution in [-0.2, 0) is 9.53 Å². The van der Waals surface area contributed by atoms with E-state index in [1.807, 2.05) is 38.1 Å². The van der Waals surface area contributed by atoms with Crippen LogP contribution in [0.25, 0.3) is 0 Å². The van der Waals surface area contributed by atoms with Crippen LogP contribution in [0.4, 0.5) is 10.7 Å². The average molecular weight is 453 g/mol. The molecule has 1 heterocycles. The zero-order valence-electron chi connectivity index (χ0n) is 18.3. The zero-order valence-corrected chi connectivity index (χ0v) is 19.1. The molecule has 0 aliphatic heterocycles. The highest BCUT2D eigenvalue weighted by atomic mass is 32.1. The number of esters is 1. The van der Waals surface area contributed by atoms with Gasteiger partial charge < -0.3 is 20.1 Å². The van der Waals surface area contributed by atoms with Gasteiger partial charge in [0.05, 0.1) is 17.6 Å². The molecule has 166 valence electrons. The van der Waals surface area contributed by atoms with E-state index in [1.165, 1.54) is 7.11 Å². The van der Waals surface area contributed by atoms with E-state index < -0.39 is 11.9 Å². The molecule has 0 bridgehead atoms. The predicted molar refractivity (Wildman–Crippen MR) is 125 cm³/mol. The van der Waals surface area contributed by atoms with Crippen LogP contribution in [0.15, 0.2) is 48.5 Å². The van der Waals surface area contributed by atoms with Gasteiger partial charge in [0, 0.05) is 5.69 Å². The number of amides is 2. The number of benzene rings is 2. The monoisotopic (exact) mass is 452 g/mol. The van der Waals surface area contributed by atoms with Crippen LogP contribution in [0.3, 0.4) is 0 Å². The summed E-state index contributed by atoms with van der Waals surface area (Å²) in [6.07, 6.45) is 0. The van der Waals surface area contributed by atoms with Gasteiger partial charge >= 0.3 is 5.97 Å². The number of hydrogen-bond donors (Lipinski definition) is 2. The fraction of sp³-hybridized carbons (Fsp3) is 0.208. The molecule has 0 fully saturated rings. The van der Waals surface area contributed by atoms with Gasteiger partial charge in [0.25, 0.3) is 11.8 Å². The standard InChI is InChI=1S/C24H24N2O5S/c1-14-10-15(2)12-17(11-14)25-22(28)21-16(3)20(24(29)30-4)23(32-21)26-19(27)13-31-18-8-6-5-7-9-18/h5-12H,13H2,1-4H3,(H,25,28)(H,26,27). The summed E-state index contributed by atoms with van der Waals surface area (Å²) in [4.78, 5) is 38.0. The molecule has 1 aromatic heterocycles. The van der Waals surface area contributed by atoms with Gasteiger partial charge in [-0.25, -0.2) is 4.79 Å². The lowest BCUT2D eigenvalue weighted by atomic mass is 10.1. The number of para-hydroxylation sites is 1. The lowest BCUT2D eigenvalue weighted by molar-refractivity contribution is -0.118. The topological polar surface area (TPSA) is 93.7 Å². The number of carbonyl (C=O) groups excluding carboxylic acids is 3. The molecule has 0 aliphatic carbocycles. The lowest BCUT2D eigenvalue weighted by Gasteiger charge is -2.07. The molecule has 0 saturated carbocycles. The largest absolute Gasteiger partial charge is 0.484 e. The van der Waals surface area contributed by atoms with Crippen molar-refractivity contribution in [3.63, 3.8) is 0 Å². The van der Waals surface area contributed by atoms with Gasteiger partial charge in [-0.05, 0) is 61.7 Å². The molecule has 32 heavy (non-hydrogen) atoms. The molecule has 7 nitrogen and oxygen atoms in total. The highest BCUT2D eigenvalue weighted by Crippen LogP contribution is 2.34. The number of hydrogen-bond acceptors (Lipinski definition) is 6. The Hall–Kier alpha value is -3.65. The molecular formula is C24H24N2O5S. The maximum absolute atomic E-state index is 12.9. The van der Waals surface area contributed by atoms with Gasteiger partial charge in [-0.15, -0.1) is 11.3 Å². The number of carbonyl (C=O) groups is 3. The second kappa shape index (κ2) is 10.1. The zero-order chi connectivity index (χ0) is 23.3. The number of thiophene rings is 1. The summed E-state index contributed by atoms with van der Waals surface area (Å²) in [5.74, 6) is -0.916. The van der Waals surface area contributed by atoms with Crippen molar-refractivity contribution >= 4 is 39.8 Å². The number of rotatable bonds is 7. The summed E-state index contributed by atoms with van der Waals surface area (Å²) < 4.78 is 10.3. The fourth-order valence-electron chi connectivity index (χ4n) is 3.23. The minimum Gasteiger partial charge on any atom is -0.484 e. The Balaban J connectivity index is 1.81. The Kier molecular flexibility index (Phi) is 7.27. The quantitative estimate of drug-likeness (QED) is 0.506. The van der Waals surface area contributed by atoms with Crippen molar-refractivity contribution in [2.75, 3.05) is 24.4 Å². The molecule has 3 aromatic rings. The van der Waals surface area contributed by atoms with E-state index in [-0.39, 0.29) is 23.1 Å². The van der Waals surface area contributed by atoms with Gasteiger partial charge in [0.15, 0.2) is 6.61 Å². The van der Waals surface area contributed by atoms with E-state index in [4.69, 9.17) is 9.47 Å². The number of aryl methyl sites for hydroxylation is 2. The van der Waals surface area contributed by atoms with Crippen molar-refractivity contribution in [3.05, 3.63) is 75.7 Å². The van der Waals surface area contributed by atoms with E-state index in [1.54, 1.807) is 31.2 Å². The minimum absolute atomic E-state index is 0.149. The number of ether oxygens (including phenoxy) is 2. The Morgan fingerprint density at radius 2 is 1.59 bits per heavy atom. The smallest absolute Gasteiger partial charge is 0.341 e. The second-order valence-corrected chi connectivity index (χ2v) is 8.25. The summed E-state index contributed by atoms with van der Waals surface area (Å²) in [5.41, 5.74) is 3.27. The highest BCUT2D eigenvalue weighted by Gasteiger charge is 2.26. The minimum atomic E-state index is -0.636. The SMILES string of the molecule is COC(=O)c1c(NC(=O)COc2ccccc2)sc(C(=O)Nc2cc(C)cc(C)c2)c1C. The second-order valence-electron chi connectivity index (χ2n) is 7.23. The molecule has 2 amide bonds. The van der Waals surface area contributed by atoms with E-state index in [0.29, 0.717) is 21.9 Å². The molecular weight excluding hydrogens is 428 g/mol. The first-order chi connectivity index (χ1) is 15.3. The van der Waals surface area contributed by atoms with Crippen molar-refractivity contribution in [1.29, 1.82) is 0 Å². The first-order valence-electron chi connectivity index (χ1n) is 9.87. The molecule has 0 saturated heterocycles. The van der Waals surface area contributed by atoms with Crippen LogP contribution in [-0.4, -0.2) is 31.5 Å². The molecule has 0 radical (unpaired) electrons. The molecule has 3 rings (SSSR count). The van der Waals surface area contributed by atoms with E-state index in [0.717, 1.165) is 22.5 Å². The number of anilines is 2. The fourth-order valence-corrected chi connectivity index (χ4v) is 4.34. The summed E-state index contributed by atoms with van der Waals surface area (Å²) in [6.45, 7) is 5.29. The first-order valence-corrected chi connectivity index (χ1v) is 10.7. The van der Waals surface area contributed by atoms with E-state index in [9.17, 15) is 14.4 Å². The van der Waals surface area contributed by atoms with E-state index in [2.05, 4.69) is 10.6 Å². The normalized spacial score (nSPS) is 10.4. The number of nitrogens with one attached hydrogen (secondary N) is 2. The van der Waals surface area contributed by atoms with Crippen molar-refractivity contribution in [3.8, 4) is 5.75 Å². The molecule has 0 spiro atoms. The predicted octanol–water partition coefficient (Wildman–Crippen LogP) is 4.73. The van der Waals surface area contributed by atoms with Crippen molar-refractivity contribution in [2.24, 2.45) is 0 Å². The Morgan fingerprint density at radius 3 is 2.22 bits per heavy atom. The van der Waals surface area contributed by atoms with Crippen LogP contribution in [0.1, 0.15) is 36.7 Å². The third-order valence-electron chi connectivity index (χ3n) is 4.59. The van der Waals surface area contributed by atoms with Crippen molar-refractivity contribution in [1.82, 2.24) is 0 Å². The maximum atomic E-state index is 12.9. The summed E-state index contributed by atoms with van der Waals surface area (Å²) in [6, 6.07) is 14.6. The molecule has 0 unspecified atom stereocenters. The van der Waals surface area contributed by atoms with Gasteiger partial charge in [-0.1, -0.05) is 24.3 Å². The lowest BCUT2D eigenvalue weighted by Crippen LogP contribution is -2.21. The van der Waals surface area contributed by atoms with Crippen LogP contribution in [0.5, 0.6) is 5.75 Å². The van der Waals surface area contributed by atoms with Gasteiger partial charge in [-0.2, -0.15) is 0 Å². The summed E-state index contributed by atoms with van der Waals surface area (Å²) in [7, 11) is 1.25. The average Bonchev–Trinajstić information content (AvgIpc) is 3.07. The van der Waals surface area contributed by atoms with E-state index >= 15 is 0 Å². The van der Waals surface area contributed by atoms with Crippen molar-refractivity contribution < 1.29 is 23.9 Å². The molecule has 2 aromatic carbocycles. The van der Waals surface area contributed by atoms with Gasteiger partial charge in [-0.3, -0.25) is 9.59 Å². The Labute approximate surface area is 190 Å². The van der Waals surface area contributed by atoms with Crippen LogP contribution in [0, 0.1) is 20.8 Å². The van der Waals surface area contributed by atoms with Crippen LogP contribution >= 0.6 is 11.3 Å².